The summed E-state index contributed by atoms with van der Waals surface area (Å²) in [4.78, 5) is 7.70. The molecule has 8 heteroatoms. The molecular weight excluding hydrogens is 297 g/mol. The van der Waals surface area contributed by atoms with Crippen molar-refractivity contribution in [1.82, 2.24) is 9.97 Å². The Bertz CT molecular complexity index is 622. The largest absolute Gasteiger partial charge is 0.417 e. The number of thiazole rings is 1. The number of rotatable bonds is 3. The van der Waals surface area contributed by atoms with Gasteiger partial charge in [-0.2, -0.15) is 13.2 Å². The Balaban J connectivity index is 2.38. The van der Waals surface area contributed by atoms with Gasteiger partial charge in [0.15, 0.2) is 9.99 Å². The zero-order valence-electron chi connectivity index (χ0n) is 10.2. The number of alkyl halides is 3. The minimum absolute atomic E-state index is 0.213. The van der Waals surface area contributed by atoms with Crippen LogP contribution in [0.1, 0.15) is 19.4 Å². The first-order valence-electron chi connectivity index (χ1n) is 5.49. The number of fused-ring (bicyclic) bond motifs is 1. The molecule has 2 rings (SSSR count). The minimum Gasteiger partial charge on any atom is -0.252 e. The van der Waals surface area contributed by atoms with Crippen molar-refractivity contribution in [3.8, 4) is 0 Å². The Morgan fingerprint density at radius 3 is 2.68 bits per heavy atom. The van der Waals surface area contributed by atoms with Gasteiger partial charge in [-0.15, -0.1) is 11.3 Å². The molecule has 0 aliphatic carbocycles. The van der Waals surface area contributed by atoms with Crippen molar-refractivity contribution in [1.29, 1.82) is 0 Å². The van der Waals surface area contributed by atoms with Crippen LogP contribution in [0.4, 0.5) is 13.2 Å². The Morgan fingerprint density at radius 1 is 1.42 bits per heavy atom. The third-order valence-corrected chi connectivity index (χ3v) is 5.28. The molecule has 1 atom stereocenters. The van der Waals surface area contributed by atoms with Crippen LogP contribution < -0.4 is 0 Å². The number of pyridine rings is 1. The number of aromatic nitrogens is 2. The first-order chi connectivity index (χ1) is 8.77. The molecule has 0 N–H and O–H groups in total. The zero-order valence-corrected chi connectivity index (χ0v) is 11.8. The number of nitrogens with zero attached hydrogens (tertiary/aromatic N) is 2. The molecule has 0 saturated heterocycles. The van der Waals surface area contributed by atoms with Crippen molar-refractivity contribution < 1.29 is 17.4 Å². The molecular formula is C11H11F3N2OS2. The molecule has 0 aliphatic heterocycles. The number of halogens is 3. The molecule has 0 bridgehead atoms. The minimum atomic E-state index is -4.43. The van der Waals surface area contributed by atoms with Gasteiger partial charge < -0.3 is 0 Å². The van der Waals surface area contributed by atoms with E-state index in [1.165, 1.54) is 0 Å². The molecule has 0 radical (unpaired) electrons. The highest BCUT2D eigenvalue weighted by Crippen LogP contribution is 2.32. The molecule has 0 spiro atoms. The molecule has 2 aromatic heterocycles. The quantitative estimate of drug-likeness (QED) is 0.872. The van der Waals surface area contributed by atoms with Gasteiger partial charge in [0.05, 0.1) is 21.1 Å². The SMILES string of the molecule is CC(C)CS(=O)c1nc2ncc(C(F)(F)F)cc2s1. The van der Waals surface area contributed by atoms with Crippen molar-refractivity contribution in [2.24, 2.45) is 5.92 Å². The summed E-state index contributed by atoms with van der Waals surface area (Å²) in [5.41, 5.74) is -0.602. The Morgan fingerprint density at radius 2 is 2.11 bits per heavy atom. The van der Waals surface area contributed by atoms with Crippen LogP contribution in [0, 0.1) is 5.92 Å². The molecule has 3 nitrogen and oxygen atoms in total. The van der Waals surface area contributed by atoms with E-state index in [1.807, 2.05) is 13.8 Å². The molecule has 19 heavy (non-hydrogen) atoms. The molecule has 0 aromatic carbocycles. The van der Waals surface area contributed by atoms with Crippen LogP contribution in [0.5, 0.6) is 0 Å². The predicted octanol–water partition coefficient (Wildman–Crippen LogP) is 3.47. The van der Waals surface area contributed by atoms with Gasteiger partial charge in [0.25, 0.3) is 0 Å². The summed E-state index contributed by atoms with van der Waals surface area (Å²) in [6.45, 7) is 3.84. The predicted molar refractivity (Wildman–Crippen MR) is 68.5 cm³/mol. The number of hydrogen-bond donors (Lipinski definition) is 0. The molecule has 2 aromatic rings. The van der Waals surface area contributed by atoms with E-state index in [1.54, 1.807) is 0 Å². The molecule has 0 amide bonds. The lowest BCUT2D eigenvalue weighted by Gasteiger charge is -2.04. The van der Waals surface area contributed by atoms with Gasteiger partial charge in [0.2, 0.25) is 0 Å². The lowest BCUT2D eigenvalue weighted by atomic mass is 10.3. The van der Waals surface area contributed by atoms with Gasteiger partial charge in [0.1, 0.15) is 0 Å². The summed E-state index contributed by atoms with van der Waals surface area (Å²) >= 11 is 1.00. The van der Waals surface area contributed by atoms with E-state index in [9.17, 15) is 17.4 Å². The molecule has 1 unspecified atom stereocenters. The van der Waals surface area contributed by atoms with Crippen LogP contribution in [0.25, 0.3) is 10.3 Å². The Kier molecular flexibility index (Phi) is 3.91. The van der Waals surface area contributed by atoms with Gasteiger partial charge in [0, 0.05) is 11.9 Å². The summed E-state index contributed by atoms with van der Waals surface area (Å²) in [5, 5.41) is 0. The van der Waals surface area contributed by atoms with E-state index < -0.39 is 22.5 Å². The normalized spacial score (nSPS) is 14.2. The molecule has 0 fully saturated rings. The van der Waals surface area contributed by atoms with E-state index in [4.69, 9.17) is 0 Å². The van der Waals surface area contributed by atoms with E-state index >= 15 is 0 Å². The van der Waals surface area contributed by atoms with Crippen molar-refractivity contribution in [2.75, 3.05) is 5.75 Å². The summed E-state index contributed by atoms with van der Waals surface area (Å²) in [5.74, 6) is 0.665. The standard InChI is InChI=1S/C11H11F3N2OS2/c1-6(2)5-19(17)10-16-9-8(18-10)3-7(4-15-9)11(12,13)14/h3-4,6H,5H2,1-2H3. The molecule has 104 valence electrons. The first-order valence-corrected chi connectivity index (χ1v) is 7.63. The molecule has 2 heterocycles. The van der Waals surface area contributed by atoms with Crippen LogP contribution in [0.3, 0.4) is 0 Å². The average molecular weight is 308 g/mol. The summed E-state index contributed by atoms with van der Waals surface area (Å²) < 4.78 is 50.2. The maximum Gasteiger partial charge on any atom is 0.417 e. The highest BCUT2D eigenvalue weighted by atomic mass is 32.2. The average Bonchev–Trinajstić information content (AvgIpc) is 2.69. The second kappa shape index (κ2) is 5.16. The van der Waals surface area contributed by atoms with Crippen molar-refractivity contribution >= 4 is 32.5 Å². The lowest BCUT2D eigenvalue weighted by molar-refractivity contribution is -0.137. The van der Waals surface area contributed by atoms with Crippen LogP contribution in [-0.2, 0) is 17.0 Å². The highest BCUT2D eigenvalue weighted by Gasteiger charge is 2.31. The van der Waals surface area contributed by atoms with Gasteiger partial charge in [-0.1, -0.05) is 13.8 Å². The Labute approximate surface area is 114 Å². The third kappa shape index (κ3) is 3.30. The van der Waals surface area contributed by atoms with Gasteiger partial charge >= 0.3 is 6.18 Å². The molecule has 0 aliphatic rings. The van der Waals surface area contributed by atoms with E-state index in [-0.39, 0.29) is 11.6 Å². The second-order valence-electron chi connectivity index (χ2n) is 4.43. The zero-order chi connectivity index (χ0) is 14.2. The topological polar surface area (TPSA) is 42.9 Å². The maximum absolute atomic E-state index is 12.5. The highest BCUT2D eigenvalue weighted by molar-refractivity contribution is 7.87. The third-order valence-electron chi connectivity index (χ3n) is 2.23. The van der Waals surface area contributed by atoms with Crippen LogP contribution >= 0.6 is 11.3 Å². The van der Waals surface area contributed by atoms with Crippen LogP contribution in [-0.4, -0.2) is 19.9 Å². The molecule has 0 saturated carbocycles. The van der Waals surface area contributed by atoms with E-state index in [2.05, 4.69) is 9.97 Å². The number of hydrogen-bond acceptors (Lipinski definition) is 4. The lowest BCUT2D eigenvalue weighted by Crippen LogP contribution is -2.05. The fraction of sp³-hybridized carbons (Fsp3) is 0.455. The first kappa shape index (κ1) is 14.4. The van der Waals surface area contributed by atoms with Gasteiger partial charge in [-0.05, 0) is 12.0 Å². The van der Waals surface area contributed by atoms with Crippen LogP contribution in [0.2, 0.25) is 0 Å². The summed E-state index contributed by atoms with van der Waals surface area (Å²) in [7, 11) is -1.29. The van der Waals surface area contributed by atoms with Crippen molar-refractivity contribution in [3.63, 3.8) is 0 Å². The van der Waals surface area contributed by atoms with E-state index in [0.717, 1.165) is 23.6 Å². The fourth-order valence-electron chi connectivity index (χ4n) is 1.43. The summed E-state index contributed by atoms with van der Waals surface area (Å²) in [6, 6.07) is 0.996. The van der Waals surface area contributed by atoms with Crippen molar-refractivity contribution in [3.05, 3.63) is 17.8 Å². The second-order valence-corrected chi connectivity index (χ2v) is 7.13. The monoisotopic (exact) mass is 308 g/mol. The fourth-order valence-corrected chi connectivity index (χ4v) is 3.90. The summed E-state index contributed by atoms with van der Waals surface area (Å²) in [6.07, 6.45) is -3.68. The maximum atomic E-state index is 12.5. The van der Waals surface area contributed by atoms with Crippen LogP contribution in [0.15, 0.2) is 16.6 Å². The van der Waals surface area contributed by atoms with Gasteiger partial charge in [-0.3, -0.25) is 4.21 Å². The Hall–Kier alpha value is -1.02. The van der Waals surface area contributed by atoms with Gasteiger partial charge in [-0.25, -0.2) is 9.97 Å². The van der Waals surface area contributed by atoms with Crippen molar-refractivity contribution in [2.45, 2.75) is 24.4 Å². The van der Waals surface area contributed by atoms with E-state index in [0.29, 0.717) is 14.8 Å². The smallest absolute Gasteiger partial charge is 0.252 e.